The molecule has 17 heavy (non-hydrogen) atoms. The number of hydrogen-bond acceptors (Lipinski definition) is 3. The second-order valence-corrected chi connectivity index (χ2v) is 4.63. The van der Waals surface area contributed by atoms with Gasteiger partial charge in [-0.1, -0.05) is 6.07 Å². The van der Waals surface area contributed by atoms with E-state index in [1.54, 1.807) is 0 Å². The van der Waals surface area contributed by atoms with Crippen LogP contribution in [0.4, 0.5) is 0 Å². The number of nitrogens with zero attached hydrogens (tertiary/aromatic N) is 2. The maximum absolute atomic E-state index is 5.67. The van der Waals surface area contributed by atoms with E-state index in [0.29, 0.717) is 0 Å². The van der Waals surface area contributed by atoms with Gasteiger partial charge in [-0.25, -0.2) is 4.98 Å². The van der Waals surface area contributed by atoms with Gasteiger partial charge in [0.25, 0.3) is 0 Å². The van der Waals surface area contributed by atoms with Crippen molar-refractivity contribution in [3.05, 3.63) is 30.2 Å². The first kappa shape index (κ1) is 12.4. The van der Waals surface area contributed by atoms with Gasteiger partial charge in [0.15, 0.2) is 12.0 Å². The Kier molecular flexibility index (Phi) is 4.40. The van der Waals surface area contributed by atoms with Crippen LogP contribution in [0.15, 0.2) is 29.0 Å². The van der Waals surface area contributed by atoms with Crippen LogP contribution in [0.3, 0.4) is 0 Å². The first-order valence-electron chi connectivity index (χ1n) is 5.86. The first-order chi connectivity index (χ1) is 8.29. The molecule has 0 fully saturated rings. The van der Waals surface area contributed by atoms with E-state index in [4.69, 9.17) is 16.0 Å². The summed E-state index contributed by atoms with van der Waals surface area (Å²) in [6, 6.07) is 6.19. The Morgan fingerprint density at radius 3 is 3.06 bits per heavy atom. The Labute approximate surface area is 106 Å². The number of aromatic nitrogens is 1. The fourth-order valence-corrected chi connectivity index (χ4v) is 1.94. The summed E-state index contributed by atoms with van der Waals surface area (Å²) in [5.41, 5.74) is 3.07. The van der Waals surface area contributed by atoms with Crippen molar-refractivity contribution in [2.45, 2.75) is 12.8 Å². The molecule has 0 aliphatic heterocycles. The molecule has 0 atom stereocenters. The summed E-state index contributed by atoms with van der Waals surface area (Å²) < 4.78 is 5.29. The normalized spacial score (nSPS) is 11.5. The lowest BCUT2D eigenvalue weighted by atomic mass is 10.1. The molecule has 1 heterocycles. The van der Waals surface area contributed by atoms with Gasteiger partial charge in [-0.3, -0.25) is 0 Å². The molecular weight excluding hydrogens is 236 g/mol. The molecule has 92 valence electrons. The molecule has 0 aliphatic carbocycles. The van der Waals surface area contributed by atoms with Crippen molar-refractivity contribution >= 4 is 22.7 Å². The van der Waals surface area contributed by atoms with E-state index in [2.05, 4.69) is 29.1 Å². The minimum Gasteiger partial charge on any atom is -0.443 e. The smallest absolute Gasteiger partial charge is 0.181 e. The SMILES string of the molecule is CN(CCCCl)CCc1ccc2ncoc2c1. The van der Waals surface area contributed by atoms with Crippen molar-refractivity contribution < 1.29 is 4.42 Å². The Balaban J connectivity index is 1.89. The summed E-state index contributed by atoms with van der Waals surface area (Å²) >= 11 is 5.67. The fourth-order valence-electron chi connectivity index (χ4n) is 1.82. The summed E-state index contributed by atoms with van der Waals surface area (Å²) in [5, 5.41) is 0. The van der Waals surface area contributed by atoms with Gasteiger partial charge in [0.1, 0.15) is 5.52 Å². The molecule has 0 amide bonds. The van der Waals surface area contributed by atoms with Crippen molar-refractivity contribution in [2.24, 2.45) is 0 Å². The quantitative estimate of drug-likeness (QED) is 0.741. The highest BCUT2D eigenvalue weighted by molar-refractivity contribution is 6.17. The molecule has 0 saturated heterocycles. The van der Waals surface area contributed by atoms with E-state index < -0.39 is 0 Å². The van der Waals surface area contributed by atoms with Crippen LogP contribution in [-0.4, -0.2) is 35.9 Å². The van der Waals surface area contributed by atoms with Crippen LogP contribution >= 0.6 is 11.6 Å². The summed E-state index contributed by atoms with van der Waals surface area (Å²) in [6.07, 6.45) is 3.55. The molecule has 4 heteroatoms. The third-order valence-electron chi connectivity index (χ3n) is 2.85. The number of oxazole rings is 1. The lowest BCUT2D eigenvalue weighted by Gasteiger charge is -2.15. The van der Waals surface area contributed by atoms with Crippen molar-refractivity contribution in [1.29, 1.82) is 0 Å². The number of likely N-dealkylation sites (N-methyl/N-ethyl adjacent to an activating group) is 1. The van der Waals surface area contributed by atoms with E-state index >= 15 is 0 Å². The Hall–Kier alpha value is -1.06. The van der Waals surface area contributed by atoms with E-state index in [1.165, 1.54) is 12.0 Å². The van der Waals surface area contributed by atoms with Crippen molar-refractivity contribution in [3.63, 3.8) is 0 Å². The van der Waals surface area contributed by atoms with Gasteiger partial charge in [-0.05, 0) is 44.1 Å². The molecular formula is C13H17ClN2O. The second kappa shape index (κ2) is 6.03. The molecule has 0 spiro atoms. The summed E-state index contributed by atoms with van der Waals surface area (Å²) in [4.78, 5) is 6.40. The van der Waals surface area contributed by atoms with Gasteiger partial charge in [0.05, 0.1) is 0 Å². The van der Waals surface area contributed by atoms with E-state index in [-0.39, 0.29) is 0 Å². The lowest BCUT2D eigenvalue weighted by molar-refractivity contribution is 0.340. The summed E-state index contributed by atoms with van der Waals surface area (Å²) in [7, 11) is 2.12. The number of benzene rings is 1. The van der Waals surface area contributed by atoms with E-state index in [0.717, 1.165) is 42.9 Å². The highest BCUT2D eigenvalue weighted by atomic mass is 35.5. The van der Waals surface area contributed by atoms with Crippen molar-refractivity contribution in [3.8, 4) is 0 Å². The van der Waals surface area contributed by atoms with Crippen LogP contribution in [0.25, 0.3) is 11.1 Å². The van der Waals surface area contributed by atoms with E-state index in [1.807, 2.05) is 6.07 Å². The minimum atomic E-state index is 0.731. The van der Waals surface area contributed by atoms with Crippen molar-refractivity contribution in [1.82, 2.24) is 9.88 Å². The topological polar surface area (TPSA) is 29.3 Å². The Morgan fingerprint density at radius 1 is 1.35 bits per heavy atom. The van der Waals surface area contributed by atoms with Crippen LogP contribution in [0.5, 0.6) is 0 Å². The Bertz CT molecular complexity index is 469. The maximum Gasteiger partial charge on any atom is 0.181 e. The van der Waals surface area contributed by atoms with Crippen LogP contribution < -0.4 is 0 Å². The Morgan fingerprint density at radius 2 is 2.24 bits per heavy atom. The summed E-state index contributed by atoms with van der Waals surface area (Å²) in [6.45, 7) is 2.09. The zero-order valence-electron chi connectivity index (χ0n) is 10.0. The number of hydrogen-bond donors (Lipinski definition) is 0. The standard InChI is InChI=1S/C13H17ClN2O/c1-16(7-2-6-14)8-5-11-3-4-12-13(9-11)17-10-15-12/h3-4,9-10H,2,5-8H2,1H3. The fraction of sp³-hybridized carbons (Fsp3) is 0.462. The summed E-state index contributed by atoms with van der Waals surface area (Å²) in [5.74, 6) is 0.731. The molecule has 0 bridgehead atoms. The number of rotatable bonds is 6. The van der Waals surface area contributed by atoms with Crippen LogP contribution in [-0.2, 0) is 6.42 Å². The third kappa shape index (κ3) is 3.45. The molecule has 0 radical (unpaired) electrons. The van der Waals surface area contributed by atoms with Crippen molar-refractivity contribution in [2.75, 3.05) is 26.0 Å². The van der Waals surface area contributed by atoms with Gasteiger partial charge in [0, 0.05) is 12.4 Å². The largest absolute Gasteiger partial charge is 0.443 e. The molecule has 2 aromatic rings. The molecule has 2 rings (SSSR count). The van der Waals surface area contributed by atoms with Crippen LogP contribution in [0, 0.1) is 0 Å². The minimum absolute atomic E-state index is 0.731. The number of alkyl halides is 1. The maximum atomic E-state index is 5.67. The number of halogens is 1. The average Bonchev–Trinajstić information content (AvgIpc) is 2.81. The predicted octanol–water partition coefficient (Wildman–Crippen LogP) is 2.93. The molecule has 0 aliphatic rings. The average molecular weight is 253 g/mol. The molecule has 1 aromatic carbocycles. The molecule has 1 aromatic heterocycles. The molecule has 3 nitrogen and oxygen atoms in total. The van der Waals surface area contributed by atoms with E-state index in [9.17, 15) is 0 Å². The van der Waals surface area contributed by atoms with Crippen LogP contribution in [0.2, 0.25) is 0 Å². The highest BCUT2D eigenvalue weighted by Gasteiger charge is 2.02. The van der Waals surface area contributed by atoms with Gasteiger partial charge in [-0.15, -0.1) is 11.6 Å². The lowest BCUT2D eigenvalue weighted by Crippen LogP contribution is -2.22. The van der Waals surface area contributed by atoms with Crippen LogP contribution in [0.1, 0.15) is 12.0 Å². The second-order valence-electron chi connectivity index (χ2n) is 4.25. The van der Waals surface area contributed by atoms with Gasteiger partial charge in [-0.2, -0.15) is 0 Å². The highest BCUT2D eigenvalue weighted by Crippen LogP contribution is 2.14. The molecule has 0 saturated carbocycles. The monoisotopic (exact) mass is 252 g/mol. The predicted molar refractivity (Wildman–Crippen MR) is 70.5 cm³/mol. The number of fused-ring (bicyclic) bond motifs is 1. The van der Waals surface area contributed by atoms with Gasteiger partial charge >= 0.3 is 0 Å². The zero-order valence-corrected chi connectivity index (χ0v) is 10.8. The molecule has 0 unspecified atom stereocenters. The van der Waals surface area contributed by atoms with Gasteiger partial charge in [0.2, 0.25) is 0 Å². The zero-order chi connectivity index (χ0) is 12.1. The third-order valence-corrected chi connectivity index (χ3v) is 3.12. The first-order valence-corrected chi connectivity index (χ1v) is 6.39. The van der Waals surface area contributed by atoms with Gasteiger partial charge < -0.3 is 9.32 Å². The molecule has 0 N–H and O–H groups in total.